The maximum Gasteiger partial charge on any atom is 0.0480 e. The van der Waals surface area contributed by atoms with E-state index in [1.807, 2.05) is 0 Å². The van der Waals surface area contributed by atoms with Gasteiger partial charge in [-0.2, -0.15) is 0 Å². The van der Waals surface area contributed by atoms with Crippen molar-refractivity contribution in [3.8, 4) is 0 Å². The van der Waals surface area contributed by atoms with Gasteiger partial charge in [-0.05, 0) is 35.1 Å². The Kier molecular flexibility index (Phi) is 4.07. The predicted molar refractivity (Wildman–Crippen MR) is 78.8 cm³/mol. The van der Waals surface area contributed by atoms with Crippen molar-refractivity contribution in [1.82, 2.24) is 9.88 Å². The number of aromatic nitrogens is 1. The van der Waals surface area contributed by atoms with Crippen molar-refractivity contribution in [3.05, 3.63) is 36.0 Å². The Labute approximate surface area is 110 Å². The Morgan fingerprint density at radius 2 is 1.89 bits per heavy atom. The number of nitrogens with zero attached hydrogens (tertiary/aromatic N) is 1. The summed E-state index contributed by atoms with van der Waals surface area (Å²) in [5.74, 6) is 0.683. The van der Waals surface area contributed by atoms with Crippen LogP contribution in [0.15, 0.2) is 30.5 Å². The molecule has 0 unspecified atom stereocenters. The number of hydrogen-bond donors (Lipinski definition) is 1. The van der Waals surface area contributed by atoms with Gasteiger partial charge in [0.15, 0.2) is 0 Å². The van der Waals surface area contributed by atoms with Crippen LogP contribution in [-0.2, 0) is 13.1 Å². The second-order valence-electron chi connectivity index (χ2n) is 5.79. The molecule has 0 saturated heterocycles. The van der Waals surface area contributed by atoms with Gasteiger partial charge in [0.1, 0.15) is 0 Å². The molecule has 0 amide bonds. The summed E-state index contributed by atoms with van der Waals surface area (Å²) in [5.41, 5.74) is 2.70. The molecular weight excluding hydrogens is 220 g/mol. The van der Waals surface area contributed by atoms with Crippen LogP contribution in [0.4, 0.5) is 0 Å². The number of rotatable bonds is 5. The highest BCUT2D eigenvalue weighted by Crippen LogP contribution is 2.19. The zero-order valence-corrected chi connectivity index (χ0v) is 11.9. The first kappa shape index (κ1) is 13.2. The van der Waals surface area contributed by atoms with E-state index in [0.29, 0.717) is 12.0 Å². The average Bonchev–Trinajstić information content (AvgIpc) is 2.68. The average molecular weight is 244 g/mol. The standard InChI is InChI=1S/C16H24N2/c1-12(2)11-18-8-7-15-9-14(5-6-16(15)18)10-17-13(3)4/h5-9,12-13,17H,10-11H2,1-4H3. The molecule has 0 aliphatic carbocycles. The molecule has 0 aliphatic heterocycles. The molecule has 0 saturated carbocycles. The molecule has 1 aromatic carbocycles. The molecule has 0 spiro atoms. The Bertz CT molecular complexity index is 509. The Balaban J connectivity index is 2.20. The molecule has 98 valence electrons. The van der Waals surface area contributed by atoms with Gasteiger partial charge in [-0.1, -0.05) is 33.8 Å². The molecule has 2 aromatic rings. The molecule has 18 heavy (non-hydrogen) atoms. The molecule has 2 heteroatoms. The minimum Gasteiger partial charge on any atom is -0.347 e. The molecule has 0 aliphatic rings. The summed E-state index contributed by atoms with van der Waals surface area (Å²) in [4.78, 5) is 0. The Morgan fingerprint density at radius 1 is 1.11 bits per heavy atom. The number of nitrogens with one attached hydrogen (secondary N) is 1. The van der Waals surface area contributed by atoms with Crippen LogP contribution in [0.2, 0.25) is 0 Å². The fourth-order valence-electron chi connectivity index (χ4n) is 2.23. The molecule has 0 radical (unpaired) electrons. The van der Waals surface area contributed by atoms with Crippen LogP contribution in [0.25, 0.3) is 10.9 Å². The van der Waals surface area contributed by atoms with Crippen LogP contribution in [-0.4, -0.2) is 10.6 Å². The lowest BCUT2D eigenvalue weighted by Crippen LogP contribution is -2.21. The normalized spacial score (nSPS) is 11.9. The van der Waals surface area contributed by atoms with E-state index in [1.54, 1.807) is 0 Å². The van der Waals surface area contributed by atoms with Crippen LogP contribution in [0, 0.1) is 5.92 Å². The van der Waals surface area contributed by atoms with Gasteiger partial charge in [-0.25, -0.2) is 0 Å². The van der Waals surface area contributed by atoms with Gasteiger partial charge in [0.25, 0.3) is 0 Å². The highest BCUT2D eigenvalue weighted by molar-refractivity contribution is 5.80. The van der Waals surface area contributed by atoms with Crippen molar-refractivity contribution < 1.29 is 0 Å². The summed E-state index contributed by atoms with van der Waals surface area (Å²) in [6, 6.07) is 9.52. The summed E-state index contributed by atoms with van der Waals surface area (Å²) < 4.78 is 2.35. The van der Waals surface area contributed by atoms with E-state index in [9.17, 15) is 0 Å². The fourth-order valence-corrected chi connectivity index (χ4v) is 2.23. The molecule has 0 fully saturated rings. The van der Waals surface area contributed by atoms with E-state index in [2.05, 4.69) is 68.0 Å². The largest absolute Gasteiger partial charge is 0.347 e. The first-order valence-corrected chi connectivity index (χ1v) is 6.87. The second-order valence-corrected chi connectivity index (χ2v) is 5.79. The summed E-state index contributed by atoms with van der Waals surface area (Å²) in [6.45, 7) is 10.9. The maximum atomic E-state index is 3.46. The van der Waals surface area contributed by atoms with Crippen LogP contribution in [0.1, 0.15) is 33.3 Å². The predicted octanol–water partition coefficient (Wildman–Crippen LogP) is 3.80. The van der Waals surface area contributed by atoms with Gasteiger partial charge in [0.2, 0.25) is 0 Å². The Morgan fingerprint density at radius 3 is 2.56 bits per heavy atom. The fraction of sp³-hybridized carbons (Fsp3) is 0.500. The number of fused-ring (bicyclic) bond motifs is 1. The van der Waals surface area contributed by atoms with Crippen molar-refractivity contribution in [1.29, 1.82) is 0 Å². The third-order valence-corrected chi connectivity index (χ3v) is 3.11. The van der Waals surface area contributed by atoms with Crippen molar-refractivity contribution in [2.75, 3.05) is 0 Å². The van der Waals surface area contributed by atoms with E-state index < -0.39 is 0 Å². The SMILES string of the molecule is CC(C)Cn1ccc2cc(CNC(C)C)ccc21. The van der Waals surface area contributed by atoms with Gasteiger partial charge in [0.05, 0.1) is 0 Å². The summed E-state index contributed by atoms with van der Waals surface area (Å²) >= 11 is 0. The van der Waals surface area contributed by atoms with Crippen LogP contribution < -0.4 is 5.32 Å². The first-order chi connectivity index (χ1) is 8.56. The molecule has 1 aromatic heterocycles. The van der Waals surface area contributed by atoms with Crippen LogP contribution in [0.3, 0.4) is 0 Å². The van der Waals surface area contributed by atoms with E-state index >= 15 is 0 Å². The van der Waals surface area contributed by atoms with Gasteiger partial charge in [0, 0.05) is 30.8 Å². The second kappa shape index (κ2) is 5.57. The third-order valence-electron chi connectivity index (χ3n) is 3.11. The summed E-state index contributed by atoms with van der Waals surface area (Å²) in [6.07, 6.45) is 2.20. The molecule has 1 heterocycles. The highest BCUT2D eigenvalue weighted by Gasteiger charge is 2.04. The van der Waals surface area contributed by atoms with E-state index in [-0.39, 0.29) is 0 Å². The van der Waals surface area contributed by atoms with Crippen molar-refractivity contribution in [3.63, 3.8) is 0 Å². The zero-order chi connectivity index (χ0) is 13.1. The zero-order valence-electron chi connectivity index (χ0n) is 11.9. The quantitative estimate of drug-likeness (QED) is 0.846. The number of hydrogen-bond acceptors (Lipinski definition) is 1. The van der Waals surface area contributed by atoms with E-state index in [1.165, 1.54) is 16.5 Å². The van der Waals surface area contributed by atoms with E-state index in [4.69, 9.17) is 0 Å². The molecule has 2 nitrogen and oxygen atoms in total. The smallest absolute Gasteiger partial charge is 0.0480 e. The van der Waals surface area contributed by atoms with Gasteiger partial charge < -0.3 is 9.88 Å². The van der Waals surface area contributed by atoms with Crippen molar-refractivity contribution in [2.45, 2.75) is 46.8 Å². The molecule has 2 rings (SSSR count). The lowest BCUT2D eigenvalue weighted by molar-refractivity contribution is 0.535. The summed E-state index contributed by atoms with van der Waals surface area (Å²) in [7, 11) is 0. The third kappa shape index (κ3) is 3.14. The summed E-state index contributed by atoms with van der Waals surface area (Å²) in [5, 5.41) is 4.80. The van der Waals surface area contributed by atoms with Crippen LogP contribution in [0.5, 0.6) is 0 Å². The maximum absolute atomic E-state index is 3.46. The minimum atomic E-state index is 0.534. The highest BCUT2D eigenvalue weighted by atomic mass is 15.0. The van der Waals surface area contributed by atoms with Crippen molar-refractivity contribution >= 4 is 10.9 Å². The molecular formula is C16H24N2. The first-order valence-electron chi connectivity index (χ1n) is 6.87. The topological polar surface area (TPSA) is 17.0 Å². The monoisotopic (exact) mass is 244 g/mol. The van der Waals surface area contributed by atoms with Gasteiger partial charge in [-0.3, -0.25) is 0 Å². The van der Waals surface area contributed by atoms with Crippen molar-refractivity contribution in [2.24, 2.45) is 5.92 Å². The minimum absolute atomic E-state index is 0.534. The van der Waals surface area contributed by atoms with Gasteiger partial charge >= 0.3 is 0 Å². The van der Waals surface area contributed by atoms with Gasteiger partial charge in [-0.15, -0.1) is 0 Å². The lowest BCUT2D eigenvalue weighted by atomic mass is 10.1. The van der Waals surface area contributed by atoms with E-state index in [0.717, 1.165) is 13.1 Å². The number of benzene rings is 1. The molecule has 1 N–H and O–H groups in total. The molecule has 0 bridgehead atoms. The van der Waals surface area contributed by atoms with Crippen LogP contribution >= 0.6 is 0 Å². The molecule has 0 atom stereocenters. The Hall–Kier alpha value is -1.28. The lowest BCUT2D eigenvalue weighted by Gasteiger charge is -2.10.